The minimum atomic E-state index is -0.944. The van der Waals surface area contributed by atoms with Crippen molar-refractivity contribution >= 4 is 0 Å². The van der Waals surface area contributed by atoms with E-state index in [1.54, 1.807) is 0 Å². The third-order valence-corrected chi connectivity index (χ3v) is 7.73. The van der Waals surface area contributed by atoms with E-state index in [0.29, 0.717) is 26.2 Å². The molecule has 8 atom stereocenters. The fourth-order valence-corrected chi connectivity index (χ4v) is 5.12. The molecule has 0 amide bonds. The van der Waals surface area contributed by atoms with Crippen LogP contribution in [0.1, 0.15) is 91.5 Å². The normalized spacial score (nSPS) is 25.9. The number of unbranched alkanes of at least 4 members (excludes halogenated alkanes) is 3. The van der Waals surface area contributed by atoms with Crippen LogP contribution in [0.4, 0.5) is 0 Å². The van der Waals surface area contributed by atoms with Crippen LogP contribution in [-0.2, 0) is 25.5 Å². The lowest BCUT2D eigenvalue weighted by Gasteiger charge is -2.45. The van der Waals surface area contributed by atoms with Crippen LogP contribution in [0, 0.1) is 5.92 Å². The molecule has 1 aliphatic carbocycles. The first-order valence-corrected chi connectivity index (χ1v) is 15.6. The summed E-state index contributed by atoms with van der Waals surface area (Å²) < 4.78 is 26.0. The molecule has 0 bridgehead atoms. The van der Waals surface area contributed by atoms with Crippen molar-refractivity contribution in [1.29, 1.82) is 0 Å². The highest BCUT2D eigenvalue weighted by Gasteiger charge is 2.46. The van der Waals surface area contributed by atoms with Gasteiger partial charge in [-0.05, 0) is 43.6 Å². The van der Waals surface area contributed by atoms with E-state index in [9.17, 15) is 10.2 Å². The van der Waals surface area contributed by atoms with Crippen molar-refractivity contribution < 1.29 is 29.2 Å². The molecule has 0 saturated heterocycles. The van der Waals surface area contributed by atoms with Crippen LogP contribution in [0.25, 0.3) is 0 Å². The predicted octanol–water partition coefficient (Wildman–Crippen LogP) is 5.26. The Kier molecular flexibility index (Phi) is 17.4. The molecule has 1 aliphatic rings. The first-order valence-electron chi connectivity index (χ1n) is 15.6. The number of nitrogens with one attached hydrogen (secondary N) is 1. The number of aliphatic hydroxyl groups excluding tert-OH is 2. The first-order chi connectivity index (χ1) is 19.0. The molecule has 226 valence electrons. The summed E-state index contributed by atoms with van der Waals surface area (Å²) in [6.45, 7) is 13.5. The van der Waals surface area contributed by atoms with Gasteiger partial charge in [0.2, 0.25) is 0 Å². The maximum atomic E-state index is 11.0. The minimum Gasteiger partial charge on any atom is -0.390 e. The lowest BCUT2D eigenvalue weighted by Crippen LogP contribution is -2.58. The highest BCUT2D eigenvalue weighted by atomic mass is 16.6. The summed E-state index contributed by atoms with van der Waals surface area (Å²) in [6, 6.07) is 9.65. The molecule has 1 fully saturated rings. The van der Waals surface area contributed by atoms with E-state index in [1.807, 2.05) is 37.3 Å². The van der Waals surface area contributed by atoms with E-state index in [1.165, 1.54) is 0 Å². The molecule has 7 heteroatoms. The molecule has 2 rings (SSSR count). The van der Waals surface area contributed by atoms with Gasteiger partial charge in [0.05, 0.1) is 37.1 Å². The van der Waals surface area contributed by atoms with Gasteiger partial charge in [0.25, 0.3) is 0 Å². The van der Waals surface area contributed by atoms with Gasteiger partial charge in [0.1, 0.15) is 12.2 Å². The molecule has 1 aromatic rings. The SMILES string of the molecule is CCCCOC1C(OCCCC)[C@@H](OC[C@H](NCc2ccccc2)[C@H](O)[C@H](O)CC)CC(C)[C@@H]1OCCCC. The van der Waals surface area contributed by atoms with E-state index < -0.39 is 18.2 Å². The van der Waals surface area contributed by atoms with Gasteiger partial charge in [-0.25, -0.2) is 0 Å². The molecule has 0 aromatic heterocycles. The van der Waals surface area contributed by atoms with Crippen molar-refractivity contribution in [2.75, 3.05) is 26.4 Å². The lowest BCUT2D eigenvalue weighted by atomic mass is 9.81. The Morgan fingerprint density at radius 3 is 1.92 bits per heavy atom. The van der Waals surface area contributed by atoms with E-state index in [4.69, 9.17) is 18.9 Å². The Morgan fingerprint density at radius 1 is 0.795 bits per heavy atom. The Hall–Kier alpha value is -1.06. The standard InChI is InChI=1S/C32H57NO6/c1-6-10-18-36-30-24(5)21-28(31(37-19-11-7-2)32(30)38-20-12-8-3)39-23-26(29(35)27(34)9-4)33-22-25-16-14-13-15-17-25/h13-17,24,26-35H,6-12,18-23H2,1-5H3/t24?,26-,27+,28-,29-,30-,31?,32?/m0/s1. The van der Waals surface area contributed by atoms with Crippen molar-refractivity contribution in [1.82, 2.24) is 5.32 Å². The molecule has 1 aromatic carbocycles. The molecule has 1 saturated carbocycles. The maximum absolute atomic E-state index is 11.0. The molecule has 0 aliphatic heterocycles. The number of benzene rings is 1. The fraction of sp³-hybridized carbons (Fsp3) is 0.812. The van der Waals surface area contributed by atoms with E-state index in [0.717, 1.165) is 57.1 Å². The molecule has 3 N–H and O–H groups in total. The Balaban J connectivity index is 2.19. The summed E-state index contributed by atoms with van der Waals surface area (Å²) in [7, 11) is 0. The van der Waals surface area contributed by atoms with Crippen LogP contribution in [0.15, 0.2) is 30.3 Å². The van der Waals surface area contributed by atoms with Crippen LogP contribution in [0.3, 0.4) is 0 Å². The van der Waals surface area contributed by atoms with Gasteiger partial charge in [-0.15, -0.1) is 0 Å². The smallest absolute Gasteiger partial charge is 0.113 e. The van der Waals surface area contributed by atoms with Crippen molar-refractivity contribution in [3.63, 3.8) is 0 Å². The van der Waals surface area contributed by atoms with Crippen LogP contribution >= 0.6 is 0 Å². The third-order valence-electron chi connectivity index (χ3n) is 7.73. The Bertz CT molecular complexity index is 722. The molecule has 0 heterocycles. The maximum Gasteiger partial charge on any atom is 0.113 e. The van der Waals surface area contributed by atoms with Crippen LogP contribution < -0.4 is 5.32 Å². The minimum absolute atomic E-state index is 0.0422. The second-order valence-electron chi connectivity index (χ2n) is 11.1. The molecule has 39 heavy (non-hydrogen) atoms. The summed E-state index contributed by atoms with van der Waals surface area (Å²) >= 11 is 0. The van der Waals surface area contributed by atoms with Crippen LogP contribution in [0.5, 0.6) is 0 Å². The van der Waals surface area contributed by atoms with Gasteiger partial charge in [0, 0.05) is 26.4 Å². The molecule has 7 nitrogen and oxygen atoms in total. The van der Waals surface area contributed by atoms with Gasteiger partial charge >= 0.3 is 0 Å². The summed E-state index contributed by atoms with van der Waals surface area (Å²) in [5, 5.41) is 24.9. The monoisotopic (exact) mass is 551 g/mol. The van der Waals surface area contributed by atoms with Crippen molar-refractivity contribution in [2.24, 2.45) is 5.92 Å². The van der Waals surface area contributed by atoms with E-state index >= 15 is 0 Å². The largest absolute Gasteiger partial charge is 0.390 e. The summed E-state index contributed by atoms with van der Waals surface area (Å²) in [5.74, 6) is 0.242. The number of ether oxygens (including phenoxy) is 4. The summed E-state index contributed by atoms with van der Waals surface area (Å²) in [5.41, 5.74) is 1.12. The van der Waals surface area contributed by atoms with Crippen LogP contribution in [-0.4, -0.2) is 79.3 Å². The second kappa shape index (κ2) is 19.9. The van der Waals surface area contributed by atoms with Crippen molar-refractivity contribution in [3.8, 4) is 0 Å². The Labute approximate surface area is 238 Å². The number of hydrogen-bond acceptors (Lipinski definition) is 7. The molecule has 0 spiro atoms. The highest BCUT2D eigenvalue weighted by molar-refractivity contribution is 5.14. The van der Waals surface area contributed by atoms with Gasteiger partial charge in [0.15, 0.2) is 0 Å². The number of aliphatic hydroxyl groups is 2. The zero-order valence-electron chi connectivity index (χ0n) is 25.2. The number of hydrogen-bond donors (Lipinski definition) is 3. The average Bonchev–Trinajstić information content (AvgIpc) is 2.95. The topological polar surface area (TPSA) is 89.4 Å². The zero-order chi connectivity index (χ0) is 28.5. The molecule has 0 radical (unpaired) electrons. The van der Waals surface area contributed by atoms with Crippen LogP contribution in [0.2, 0.25) is 0 Å². The molecular weight excluding hydrogens is 494 g/mol. The Morgan fingerprint density at radius 2 is 1.36 bits per heavy atom. The van der Waals surface area contributed by atoms with Gasteiger partial charge < -0.3 is 34.5 Å². The predicted molar refractivity (Wildman–Crippen MR) is 157 cm³/mol. The quantitative estimate of drug-likeness (QED) is 0.180. The highest BCUT2D eigenvalue weighted by Crippen LogP contribution is 2.34. The van der Waals surface area contributed by atoms with E-state index in [-0.39, 0.29) is 36.9 Å². The molecular formula is C32H57NO6. The second-order valence-corrected chi connectivity index (χ2v) is 11.1. The van der Waals surface area contributed by atoms with Crippen molar-refractivity contribution in [3.05, 3.63) is 35.9 Å². The van der Waals surface area contributed by atoms with Gasteiger partial charge in [-0.3, -0.25) is 0 Å². The zero-order valence-corrected chi connectivity index (χ0v) is 25.2. The average molecular weight is 552 g/mol. The molecule has 3 unspecified atom stereocenters. The summed E-state index contributed by atoms with van der Waals surface area (Å²) in [6.07, 6.45) is 5.00. The van der Waals surface area contributed by atoms with Crippen molar-refractivity contribution in [2.45, 2.75) is 135 Å². The van der Waals surface area contributed by atoms with Gasteiger partial charge in [-0.1, -0.05) is 84.2 Å². The van der Waals surface area contributed by atoms with Gasteiger partial charge in [-0.2, -0.15) is 0 Å². The lowest BCUT2D eigenvalue weighted by molar-refractivity contribution is -0.220. The number of rotatable bonds is 21. The third kappa shape index (κ3) is 11.8. The summed E-state index contributed by atoms with van der Waals surface area (Å²) in [4.78, 5) is 0. The fourth-order valence-electron chi connectivity index (χ4n) is 5.12. The first kappa shape index (κ1) is 34.1. The van der Waals surface area contributed by atoms with E-state index in [2.05, 4.69) is 33.0 Å².